The summed E-state index contributed by atoms with van der Waals surface area (Å²) < 4.78 is 25.8. The number of amides is 2. The fourth-order valence-electron chi connectivity index (χ4n) is 4.35. The average Bonchev–Trinajstić information content (AvgIpc) is 3.47. The van der Waals surface area contributed by atoms with Gasteiger partial charge in [-0.1, -0.05) is 0 Å². The van der Waals surface area contributed by atoms with Gasteiger partial charge in [0.05, 0.1) is 12.2 Å². The lowest BCUT2D eigenvalue weighted by molar-refractivity contribution is -0.123. The number of fused-ring (bicyclic) bond motifs is 1. The van der Waals surface area contributed by atoms with E-state index in [1.807, 2.05) is 0 Å². The predicted molar refractivity (Wildman–Crippen MR) is 111 cm³/mol. The molecular formula is C23H22FN3O5. The second kappa shape index (κ2) is 8.22. The molecule has 5 rings (SSSR count). The van der Waals surface area contributed by atoms with E-state index in [9.17, 15) is 18.8 Å². The zero-order valence-electron chi connectivity index (χ0n) is 17.3. The standard InChI is InChI=1S/C23H22FN3O5/c24-18-10-14(9-17-16(18)3-4-19(17)28)27-8-7-20(23(27)30)32-15-2-6-22(25-11-15)31-12-13-1-5-21(29)26-13/h2,6,9-11,13,20H,1,3-5,7-8,12H2,(H,26,29)/t13-,20-/m1/s1. The van der Waals surface area contributed by atoms with Crippen molar-refractivity contribution < 1.29 is 28.2 Å². The zero-order valence-corrected chi connectivity index (χ0v) is 17.3. The number of anilines is 1. The fraction of sp³-hybridized carbons (Fsp3) is 0.391. The third kappa shape index (κ3) is 3.90. The minimum Gasteiger partial charge on any atom is -0.479 e. The van der Waals surface area contributed by atoms with Crippen LogP contribution >= 0.6 is 0 Å². The van der Waals surface area contributed by atoms with Gasteiger partial charge in [-0.25, -0.2) is 9.37 Å². The van der Waals surface area contributed by atoms with Gasteiger partial charge in [0.15, 0.2) is 11.9 Å². The number of aromatic nitrogens is 1. The fourth-order valence-corrected chi connectivity index (χ4v) is 4.35. The Balaban J connectivity index is 1.20. The lowest BCUT2D eigenvalue weighted by Gasteiger charge is -2.18. The van der Waals surface area contributed by atoms with Crippen LogP contribution in [0.1, 0.15) is 41.6 Å². The number of carbonyl (C=O) groups excluding carboxylic acids is 3. The van der Waals surface area contributed by atoms with Crippen LogP contribution in [-0.2, 0) is 16.0 Å². The number of halogens is 1. The largest absolute Gasteiger partial charge is 0.479 e. The predicted octanol–water partition coefficient (Wildman–Crippen LogP) is 2.19. The van der Waals surface area contributed by atoms with Crippen molar-refractivity contribution >= 4 is 23.3 Å². The van der Waals surface area contributed by atoms with Gasteiger partial charge >= 0.3 is 0 Å². The number of ether oxygens (including phenoxy) is 2. The Morgan fingerprint density at radius 3 is 2.75 bits per heavy atom. The van der Waals surface area contributed by atoms with Crippen LogP contribution in [0, 0.1) is 5.82 Å². The highest BCUT2D eigenvalue weighted by molar-refractivity contribution is 6.04. The monoisotopic (exact) mass is 439 g/mol. The number of rotatable bonds is 6. The number of nitrogens with one attached hydrogen (secondary N) is 1. The summed E-state index contributed by atoms with van der Waals surface area (Å²) in [6.45, 7) is 0.715. The number of carbonyl (C=O) groups is 3. The minimum atomic E-state index is -0.718. The van der Waals surface area contributed by atoms with E-state index in [4.69, 9.17) is 9.47 Å². The van der Waals surface area contributed by atoms with Crippen LogP contribution in [0.15, 0.2) is 30.5 Å². The first-order valence-electron chi connectivity index (χ1n) is 10.7. The average molecular weight is 439 g/mol. The Bertz CT molecular complexity index is 1090. The normalized spacial score (nSPS) is 22.3. The summed E-state index contributed by atoms with van der Waals surface area (Å²) in [6.07, 6.45) is 3.15. The maximum Gasteiger partial charge on any atom is 0.268 e. The summed E-state index contributed by atoms with van der Waals surface area (Å²) in [5.41, 5.74) is 1.18. The van der Waals surface area contributed by atoms with Crippen molar-refractivity contribution in [3.8, 4) is 11.6 Å². The maximum absolute atomic E-state index is 14.4. The first kappa shape index (κ1) is 20.4. The van der Waals surface area contributed by atoms with E-state index in [2.05, 4.69) is 10.3 Å². The van der Waals surface area contributed by atoms with Crippen molar-refractivity contribution in [3.63, 3.8) is 0 Å². The van der Waals surface area contributed by atoms with Crippen LogP contribution in [0.2, 0.25) is 0 Å². The quantitative estimate of drug-likeness (QED) is 0.741. The molecule has 2 fully saturated rings. The molecule has 0 saturated carbocycles. The molecule has 0 unspecified atom stereocenters. The Hall–Kier alpha value is -3.49. The number of benzene rings is 1. The van der Waals surface area contributed by atoms with E-state index < -0.39 is 11.9 Å². The van der Waals surface area contributed by atoms with Gasteiger partial charge in [0.2, 0.25) is 11.8 Å². The van der Waals surface area contributed by atoms with E-state index in [0.717, 1.165) is 6.42 Å². The molecule has 1 aromatic heterocycles. The molecule has 1 aromatic carbocycles. The van der Waals surface area contributed by atoms with E-state index in [1.165, 1.54) is 17.2 Å². The van der Waals surface area contributed by atoms with Crippen LogP contribution in [0.4, 0.5) is 10.1 Å². The van der Waals surface area contributed by atoms with Crippen LogP contribution in [0.3, 0.4) is 0 Å². The summed E-state index contributed by atoms with van der Waals surface area (Å²) in [4.78, 5) is 41.7. The van der Waals surface area contributed by atoms with Gasteiger partial charge in [0.1, 0.15) is 18.2 Å². The first-order chi connectivity index (χ1) is 15.5. The summed E-state index contributed by atoms with van der Waals surface area (Å²) in [5.74, 6) is 0.0199. The molecule has 0 radical (unpaired) electrons. The summed E-state index contributed by atoms with van der Waals surface area (Å²) in [5, 5.41) is 2.83. The molecule has 32 heavy (non-hydrogen) atoms. The number of Topliss-reactive ketones (excluding diaryl/α,β-unsaturated/α-hetero) is 1. The second-order valence-corrected chi connectivity index (χ2v) is 8.21. The van der Waals surface area contributed by atoms with Gasteiger partial charge in [-0.15, -0.1) is 0 Å². The van der Waals surface area contributed by atoms with Crippen molar-refractivity contribution in [2.75, 3.05) is 18.1 Å². The smallest absolute Gasteiger partial charge is 0.268 e. The molecule has 0 bridgehead atoms. The first-order valence-corrected chi connectivity index (χ1v) is 10.7. The summed E-state index contributed by atoms with van der Waals surface area (Å²) in [6, 6.07) is 6.22. The highest BCUT2D eigenvalue weighted by Gasteiger charge is 2.36. The van der Waals surface area contributed by atoms with Gasteiger partial charge in [0.25, 0.3) is 5.91 Å². The third-order valence-electron chi connectivity index (χ3n) is 6.06. The molecule has 1 aliphatic carbocycles. The summed E-state index contributed by atoms with van der Waals surface area (Å²) in [7, 11) is 0. The highest BCUT2D eigenvalue weighted by Crippen LogP contribution is 2.32. The molecule has 2 saturated heterocycles. The lowest BCUT2D eigenvalue weighted by atomic mass is 10.1. The van der Waals surface area contributed by atoms with Crippen LogP contribution in [-0.4, -0.2) is 47.9 Å². The Morgan fingerprint density at radius 1 is 1.12 bits per heavy atom. The van der Waals surface area contributed by atoms with Gasteiger partial charge in [-0.05, 0) is 36.6 Å². The molecule has 3 aliphatic rings. The number of hydrogen-bond acceptors (Lipinski definition) is 6. The molecule has 3 heterocycles. The van der Waals surface area contributed by atoms with Crippen molar-refractivity contribution in [1.29, 1.82) is 0 Å². The van der Waals surface area contributed by atoms with Gasteiger partial charge in [-0.2, -0.15) is 0 Å². The lowest BCUT2D eigenvalue weighted by Crippen LogP contribution is -2.32. The van der Waals surface area contributed by atoms with E-state index in [-0.39, 0.29) is 23.6 Å². The number of hydrogen-bond donors (Lipinski definition) is 1. The molecule has 9 heteroatoms. The molecule has 166 valence electrons. The Labute approximate surface area is 183 Å². The minimum absolute atomic E-state index is 0.0123. The van der Waals surface area contributed by atoms with Crippen molar-refractivity contribution in [1.82, 2.24) is 10.3 Å². The van der Waals surface area contributed by atoms with Crippen molar-refractivity contribution in [3.05, 3.63) is 47.4 Å². The Morgan fingerprint density at radius 2 is 2.00 bits per heavy atom. The molecule has 2 aliphatic heterocycles. The third-order valence-corrected chi connectivity index (χ3v) is 6.06. The topological polar surface area (TPSA) is 97.8 Å². The Kier molecular flexibility index (Phi) is 5.24. The molecule has 1 N–H and O–H groups in total. The molecule has 2 atom stereocenters. The molecule has 0 spiro atoms. The highest BCUT2D eigenvalue weighted by atomic mass is 19.1. The van der Waals surface area contributed by atoms with Crippen LogP contribution in [0.25, 0.3) is 0 Å². The summed E-state index contributed by atoms with van der Waals surface area (Å²) >= 11 is 0. The molecule has 8 nitrogen and oxygen atoms in total. The molecular weight excluding hydrogens is 417 g/mol. The molecule has 2 amide bonds. The van der Waals surface area contributed by atoms with Crippen molar-refractivity contribution in [2.45, 2.75) is 44.2 Å². The van der Waals surface area contributed by atoms with E-state index in [0.29, 0.717) is 67.3 Å². The van der Waals surface area contributed by atoms with E-state index in [1.54, 1.807) is 18.2 Å². The van der Waals surface area contributed by atoms with Crippen LogP contribution < -0.4 is 19.7 Å². The number of nitrogens with zero attached hydrogens (tertiary/aromatic N) is 2. The van der Waals surface area contributed by atoms with E-state index >= 15 is 0 Å². The zero-order chi connectivity index (χ0) is 22.2. The van der Waals surface area contributed by atoms with Crippen LogP contribution in [0.5, 0.6) is 11.6 Å². The van der Waals surface area contributed by atoms with Crippen molar-refractivity contribution in [2.24, 2.45) is 0 Å². The van der Waals surface area contributed by atoms with Gasteiger partial charge < -0.3 is 19.7 Å². The van der Waals surface area contributed by atoms with Gasteiger partial charge in [0, 0.05) is 43.1 Å². The maximum atomic E-state index is 14.4. The number of pyridine rings is 1. The van der Waals surface area contributed by atoms with Gasteiger partial charge in [-0.3, -0.25) is 14.4 Å². The molecule has 2 aromatic rings. The number of ketones is 1. The second-order valence-electron chi connectivity index (χ2n) is 8.21. The SMILES string of the molecule is O=C1CC[C@H](COc2ccc(O[C@@H]3CCN(c4cc(F)c5c(c4)C(=O)CC5)C3=O)cn2)N1.